The molecule has 3 N–H and O–H groups in total. The summed E-state index contributed by atoms with van der Waals surface area (Å²) in [5.41, 5.74) is 0.389. The number of sulfonamides is 1. The van der Waals surface area contributed by atoms with Crippen LogP contribution in [0.3, 0.4) is 0 Å². The van der Waals surface area contributed by atoms with Gasteiger partial charge in [0.2, 0.25) is 15.9 Å². The van der Waals surface area contributed by atoms with Gasteiger partial charge in [-0.05, 0) is 17.7 Å². The van der Waals surface area contributed by atoms with Gasteiger partial charge >= 0.3 is 5.97 Å². The molecule has 114 valence electrons. The zero-order chi connectivity index (χ0) is 15.8. The summed E-state index contributed by atoms with van der Waals surface area (Å²) < 4.78 is 23.4. The van der Waals surface area contributed by atoms with E-state index in [0.29, 0.717) is 10.0 Å². The molecule has 1 amide bonds. The Morgan fingerprint density at radius 3 is 2.62 bits per heavy atom. The smallest absolute Gasteiger partial charge is 0.331 e. The number of halogens is 1. The molecule has 0 spiro atoms. The molecular weight excluding hydrogens is 364 g/mol. The van der Waals surface area contributed by atoms with Crippen LogP contribution >= 0.6 is 15.9 Å². The minimum atomic E-state index is -3.88. The van der Waals surface area contributed by atoms with Gasteiger partial charge < -0.3 is 10.0 Å². The molecule has 0 radical (unpaired) electrons. The molecule has 9 heteroatoms. The number of likely N-dealkylation sites (tertiary alicyclic amines) is 1. The molecule has 1 heterocycles. The lowest BCUT2D eigenvalue weighted by atomic mass is 10.1. The minimum Gasteiger partial charge on any atom is -0.479 e. The molecule has 0 bridgehead atoms. The van der Waals surface area contributed by atoms with E-state index >= 15 is 0 Å². The zero-order valence-corrected chi connectivity index (χ0v) is 13.2. The van der Waals surface area contributed by atoms with Crippen LogP contribution < -0.4 is 5.14 Å². The van der Waals surface area contributed by atoms with Crippen LogP contribution in [0.1, 0.15) is 18.0 Å². The summed E-state index contributed by atoms with van der Waals surface area (Å²) in [4.78, 5) is 24.5. The van der Waals surface area contributed by atoms with Gasteiger partial charge in [-0.2, -0.15) is 0 Å². The summed E-state index contributed by atoms with van der Waals surface area (Å²) in [5.74, 6) is -1.77. The molecule has 1 aliphatic rings. The van der Waals surface area contributed by atoms with Crippen LogP contribution in [0, 0.1) is 0 Å². The number of carbonyl (C=O) groups is 2. The van der Waals surface area contributed by atoms with E-state index in [2.05, 4.69) is 15.9 Å². The molecule has 2 atom stereocenters. The standard InChI is InChI=1S/C12H13BrN2O5S/c13-8-3-1-2-7(4-8)11(12(17)18)15-6-9(5-10(15)16)21(14,19)20/h1-4,9,11H,5-6H2,(H,17,18)(H2,14,19,20). The Hall–Kier alpha value is -1.45. The van der Waals surface area contributed by atoms with E-state index in [1.807, 2.05) is 0 Å². The van der Waals surface area contributed by atoms with Crippen molar-refractivity contribution in [1.82, 2.24) is 4.90 Å². The van der Waals surface area contributed by atoms with Gasteiger partial charge in [0.25, 0.3) is 0 Å². The molecule has 1 aliphatic heterocycles. The first kappa shape index (κ1) is 15.9. The second-order valence-electron chi connectivity index (χ2n) is 4.76. The highest BCUT2D eigenvalue weighted by atomic mass is 79.9. The summed E-state index contributed by atoms with van der Waals surface area (Å²) in [6, 6.07) is 5.29. The molecule has 2 unspecified atom stereocenters. The molecule has 1 aromatic rings. The highest BCUT2D eigenvalue weighted by Crippen LogP contribution is 2.29. The fraction of sp³-hybridized carbons (Fsp3) is 0.333. The van der Waals surface area contributed by atoms with Crippen molar-refractivity contribution in [3.8, 4) is 0 Å². The maximum atomic E-state index is 12.0. The number of rotatable bonds is 4. The molecule has 21 heavy (non-hydrogen) atoms. The average molecular weight is 377 g/mol. The predicted molar refractivity (Wildman–Crippen MR) is 77.7 cm³/mol. The first-order chi connectivity index (χ1) is 9.70. The summed E-state index contributed by atoms with van der Waals surface area (Å²) in [5, 5.41) is 13.4. The van der Waals surface area contributed by atoms with Crippen LogP contribution in [0.5, 0.6) is 0 Å². The lowest BCUT2D eigenvalue weighted by molar-refractivity contribution is -0.148. The van der Waals surface area contributed by atoms with Gasteiger partial charge in [-0.3, -0.25) is 4.79 Å². The number of nitrogens with zero attached hydrogens (tertiary/aromatic N) is 1. The van der Waals surface area contributed by atoms with Gasteiger partial charge in [-0.25, -0.2) is 18.4 Å². The third-order valence-electron chi connectivity index (χ3n) is 3.30. The Bertz CT molecular complexity index is 691. The second-order valence-corrected chi connectivity index (χ2v) is 7.52. The van der Waals surface area contributed by atoms with E-state index < -0.39 is 33.2 Å². The van der Waals surface area contributed by atoms with Crippen molar-refractivity contribution in [2.75, 3.05) is 6.54 Å². The van der Waals surface area contributed by atoms with Crippen LogP contribution in [-0.4, -0.2) is 42.1 Å². The van der Waals surface area contributed by atoms with Gasteiger partial charge in [0.15, 0.2) is 6.04 Å². The molecule has 1 fully saturated rings. The number of hydrogen-bond donors (Lipinski definition) is 2. The van der Waals surface area contributed by atoms with E-state index in [-0.39, 0.29) is 13.0 Å². The Balaban J connectivity index is 2.36. The van der Waals surface area contributed by atoms with Gasteiger partial charge in [-0.1, -0.05) is 28.1 Å². The zero-order valence-electron chi connectivity index (χ0n) is 10.8. The van der Waals surface area contributed by atoms with Crippen molar-refractivity contribution >= 4 is 37.8 Å². The lowest BCUT2D eigenvalue weighted by Gasteiger charge is -2.25. The van der Waals surface area contributed by atoms with E-state index in [9.17, 15) is 23.1 Å². The highest BCUT2D eigenvalue weighted by Gasteiger charge is 2.42. The number of benzene rings is 1. The molecule has 0 aromatic heterocycles. The lowest BCUT2D eigenvalue weighted by Crippen LogP contribution is -2.37. The Labute approximate surface area is 129 Å². The fourth-order valence-electron chi connectivity index (χ4n) is 2.30. The molecule has 0 saturated carbocycles. The van der Waals surface area contributed by atoms with Crippen molar-refractivity contribution in [2.45, 2.75) is 17.7 Å². The SMILES string of the molecule is NS(=O)(=O)C1CC(=O)N(C(C(=O)O)c2cccc(Br)c2)C1. The topological polar surface area (TPSA) is 118 Å². The van der Waals surface area contributed by atoms with Gasteiger partial charge in [0, 0.05) is 17.4 Å². The summed E-state index contributed by atoms with van der Waals surface area (Å²) in [6.07, 6.45) is -0.295. The monoisotopic (exact) mass is 376 g/mol. The fourth-order valence-corrected chi connectivity index (χ4v) is 3.46. The predicted octanol–water partition coefficient (Wildman–Crippen LogP) is 0.464. The minimum absolute atomic E-state index is 0.221. The van der Waals surface area contributed by atoms with Crippen LogP contribution in [0.15, 0.2) is 28.7 Å². The normalized spacial score (nSPS) is 20.6. The van der Waals surface area contributed by atoms with Crippen LogP contribution in [0.25, 0.3) is 0 Å². The number of nitrogens with two attached hydrogens (primary N) is 1. The van der Waals surface area contributed by atoms with Crippen LogP contribution in [0.2, 0.25) is 0 Å². The third kappa shape index (κ3) is 3.42. The Morgan fingerprint density at radius 2 is 2.14 bits per heavy atom. The summed E-state index contributed by atoms with van der Waals surface area (Å²) in [7, 11) is -3.88. The van der Waals surface area contributed by atoms with Crippen molar-refractivity contribution in [3.63, 3.8) is 0 Å². The number of primary sulfonamides is 1. The van der Waals surface area contributed by atoms with E-state index in [4.69, 9.17) is 5.14 Å². The number of carboxylic acid groups (broad SMARTS) is 1. The quantitative estimate of drug-likeness (QED) is 0.791. The molecular formula is C12H13BrN2O5S. The third-order valence-corrected chi connectivity index (χ3v) is 5.04. The molecule has 0 aliphatic carbocycles. The number of hydrogen-bond acceptors (Lipinski definition) is 4. The maximum Gasteiger partial charge on any atom is 0.331 e. The van der Waals surface area contributed by atoms with E-state index in [1.165, 1.54) is 0 Å². The number of amides is 1. The number of aliphatic carboxylic acids is 1. The summed E-state index contributed by atoms with van der Waals surface area (Å²) in [6.45, 7) is -0.221. The number of carboxylic acids is 1. The molecule has 1 aromatic carbocycles. The molecule has 7 nitrogen and oxygen atoms in total. The molecule has 1 saturated heterocycles. The van der Waals surface area contributed by atoms with Crippen molar-refractivity contribution in [2.24, 2.45) is 5.14 Å². The van der Waals surface area contributed by atoms with Gasteiger partial charge in [0.1, 0.15) is 5.25 Å². The van der Waals surface area contributed by atoms with E-state index in [0.717, 1.165) is 4.90 Å². The van der Waals surface area contributed by atoms with Crippen LogP contribution in [-0.2, 0) is 19.6 Å². The largest absolute Gasteiger partial charge is 0.479 e. The van der Waals surface area contributed by atoms with Crippen molar-refractivity contribution in [1.29, 1.82) is 0 Å². The Morgan fingerprint density at radius 1 is 1.48 bits per heavy atom. The number of carbonyl (C=O) groups excluding carboxylic acids is 1. The van der Waals surface area contributed by atoms with E-state index in [1.54, 1.807) is 24.3 Å². The Kier molecular flexibility index (Phi) is 4.35. The first-order valence-corrected chi connectivity index (χ1v) is 8.39. The first-order valence-electron chi connectivity index (χ1n) is 5.99. The van der Waals surface area contributed by atoms with Gasteiger partial charge in [-0.15, -0.1) is 0 Å². The van der Waals surface area contributed by atoms with Crippen LogP contribution in [0.4, 0.5) is 0 Å². The average Bonchev–Trinajstić information content (AvgIpc) is 2.71. The molecule has 2 rings (SSSR count). The highest BCUT2D eigenvalue weighted by molar-refractivity contribution is 9.10. The maximum absolute atomic E-state index is 12.0. The van der Waals surface area contributed by atoms with Crippen molar-refractivity contribution < 1.29 is 23.1 Å². The van der Waals surface area contributed by atoms with Gasteiger partial charge in [0.05, 0.1) is 0 Å². The second kappa shape index (κ2) is 5.74. The van der Waals surface area contributed by atoms with Crippen molar-refractivity contribution in [3.05, 3.63) is 34.3 Å². The summed E-state index contributed by atoms with van der Waals surface area (Å²) >= 11 is 3.23.